The summed E-state index contributed by atoms with van der Waals surface area (Å²) in [5.41, 5.74) is 1.39. The van der Waals surface area contributed by atoms with E-state index in [2.05, 4.69) is 16.9 Å². The Balaban J connectivity index is 1.89. The average Bonchev–Trinajstić information content (AvgIpc) is 3.06. The molecule has 1 N–H and O–H groups in total. The van der Waals surface area contributed by atoms with Crippen LogP contribution in [0.15, 0.2) is 35.0 Å². The second kappa shape index (κ2) is 7.19. The lowest BCUT2D eigenvalue weighted by Crippen LogP contribution is -2.28. The molecule has 6 heteroatoms. The summed E-state index contributed by atoms with van der Waals surface area (Å²) < 4.78 is 10.6. The van der Waals surface area contributed by atoms with Crippen molar-refractivity contribution < 1.29 is 13.9 Å². The monoisotopic (exact) mass is 306 g/mol. The molecule has 2 rings (SSSR count). The minimum Gasteiger partial charge on any atom is -0.462 e. The number of carbonyl (C=O) groups is 1. The highest BCUT2D eigenvalue weighted by Crippen LogP contribution is 2.27. The molecule has 0 radical (unpaired) electrons. The number of hydrogen-bond donors (Lipinski definition) is 1. The quantitative estimate of drug-likeness (QED) is 0.631. The summed E-state index contributed by atoms with van der Waals surface area (Å²) in [4.78, 5) is 17.3. The van der Waals surface area contributed by atoms with Crippen LogP contribution in [0.3, 0.4) is 0 Å². The number of ether oxygens (including phenoxy) is 1. The maximum atomic E-state index is 12.1. The fraction of sp³-hybridized carbons (Fsp3) is 0.333. The van der Waals surface area contributed by atoms with Crippen molar-refractivity contribution >= 4 is 17.2 Å². The van der Waals surface area contributed by atoms with E-state index >= 15 is 0 Å². The maximum absolute atomic E-state index is 12.1. The standard InChI is InChI=1S/C15H18N2O3S/c1-10(2)9-19-8-6-16-14(18)13-11(3)21-15(17-13)12-5-4-7-20-12/h4-5,7H,1,6,8-9H2,2-3H3,(H,16,18). The zero-order valence-electron chi connectivity index (χ0n) is 12.1. The summed E-state index contributed by atoms with van der Waals surface area (Å²) in [7, 11) is 0. The molecule has 0 fully saturated rings. The van der Waals surface area contributed by atoms with Crippen LogP contribution in [-0.2, 0) is 4.74 Å². The van der Waals surface area contributed by atoms with E-state index in [1.165, 1.54) is 11.3 Å². The number of nitrogens with one attached hydrogen (secondary N) is 1. The lowest BCUT2D eigenvalue weighted by Gasteiger charge is -2.05. The first-order valence-electron chi connectivity index (χ1n) is 6.59. The maximum Gasteiger partial charge on any atom is 0.271 e. The van der Waals surface area contributed by atoms with Crippen LogP contribution in [-0.4, -0.2) is 30.6 Å². The van der Waals surface area contributed by atoms with Gasteiger partial charge in [0.1, 0.15) is 5.69 Å². The molecule has 0 atom stereocenters. The van der Waals surface area contributed by atoms with E-state index in [0.29, 0.717) is 36.2 Å². The van der Waals surface area contributed by atoms with Crippen molar-refractivity contribution in [2.45, 2.75) is 13.8 Å². The summed E-state index contributed by atoms with van der Waals surface area (Å²) in [5.74, 6) is 0.479. The third-order valence-electron chi connectivity index (χ3n) is 2.62. The first-order valence-corrected chi connectivity index (χ1v) is 7.41. The number of furan rings is 1. The van der Waals surface area contributed by atoms with Gasteiger partial charge in [-0.1, -0.05) is 12.2 Å². The lowest BCUT2D eigenvalue weighted by molar-refractivity contribution is 0.0922. The minimum absolute atomic E-state index is 0.194. The molecule has 2 aromatic rings. The van der Waals surface area contributed by atoms with Crippen LogP contribution in [0, 0.1) is 6.92 Å². The van der Waals surface area contributed by atoms with Crippen molar-refractivity contribution in [1.82, 2.24) is 10.3 Å². The van der Waals surface area contributed by atoms with Crippen molar-refractivity contribution in [2.24, 2.45) is 0 Å². The van der Waals surface area contributed by atoms with Gasteiger partial charge in [0.05, 0.1) is 19.5 Å². The smallest absolute Gasteiger partial charge is 0.271 e. The minimum atomic E-state index is -0.194. The van der Waals surface area contributed by atoms with E-state index in [0.717, 1.165) is 10.5 Å². The van der Waals surface area contributed by atoms with E-state index in [-0.39, 0.29) is 5.91 Å². The number of carbonyl (C=O) groups excluding carboxylic acids is 1. The van der Waals surface area contributed by atoms with Crippen LogP contribution in [0.25, 0.3) is 10.8 Å². The lowest BCUT2D eigenvalue weighted by atomic mass is 10.3. The number of amides is 1. The predicted octanol–water partition coefficient (Wildman–Crippen LogP) is 3.03. The van der Waals surface area contributed by atoms with E-state index in [9.17, 15) is 4.79 Å². The highest BCUT2D eigenvalue weighted by Gasteiger charge is 2.17. The van der Waals surface area contributed by atoms with E-state index < -0.39 is 0 Å². The molecule has 0 saturated heterocycles. The van der Waals surface area contributed by atoms with Gasteiger partial charge in [0, 0.05) is 11.4 Å². The van der Waals surface area contributed by atoms with Crippen LogP contribution < -0.4 is 5.32 Å². The van der Waals surface area contributed by atoms with Crippen molar-refractivity contribution in [3.63, 3.8) is 0 Å². The highest BCUT2D eigenvalue weighted by atomic mass is 32.1. The summed E-state index contributed by atoms with van der Waals surface area (Å²) in [6, 6.07) is 3.62. The van der Waals surface area contributed by atoms with E-state index in [1.54, 1.807) is 12.3 Å². The van der Waals surface area contributed by atoms with Gasteiger partial charge in [0.2, 0.25) is 0 Å². The molecule has 0 unspecified atom stereocenters. The zero-order valence-corrected chi connectivity index (χ0v) is 13.0. The van der Waals surface area contributed by atoms with Gasteiger partial charge < -0.3 is 14.5 Å². The number of thiazole rings is 1. The summed E-state index contributed by atoms with van der Waals surface area (Å²) >= 11 is 1.44. The summed E-state index contributed by atoms with van der Waals surface area (Å²) in [5, 5.41) is 3.50. The van der Waals surface area contributed by atoms with Crippen LogP contribution in [0.4, 0.5) is 0 Å². The van der Waals surface area contributed by atoms with Crippen LogP contribution >= 0.6 is 11.3 Å². The molecule has 21 heavy (non-hydrogen) atoms. The topological polar surface area (TPSA) is 64.4 Å². The number of nitrogens with zero attached hydrogens (tertiary/aromatic N) is 1. The molecule has 2 heterocycles. The van der Waals surface area contributed by atoms with Crippen LogP contribution in [0.2, 0.25) is 0 Å². The average molecular weight is 306 g/mol. The molecule has 0 aliphatic carbocycles. The molecule has 0 aliphatic rings. The molecule has 0 aliphatic heterocycles. The Labute approximate surface area is 127 Å². The molecule has 112 valence electrons. The Bertz CT molecular complexity index is 617. The molecule has 0 saturated carbocycles. The third-order valence-corrected chi connectivity index (χ3v) is 3.61. The predicted molar refractivity (Wildman–Crippen MR) is 82.5 cm³/mol. The number of aromatic nitrogens is 1. The molecule has 5 nitrogen and oxygen atoms in total. The van der Waals surface area contributed by atoms with Crippen molar-refractivity contribution in [3.8, 4) is 10.8 Å². The van der Waals surface area contributed by atoms with Gasteiger partial charge in [0.15, 0.2) is 10.8 Å². The molecule has 0 spiro atoms. The first-order chi connectivity index (χ1) is 10.1. The van der Waals surface area contributed by atoms with E-state index in [1.807, 2.05) is 19.9 Å². The van der Waals surface area contributed by atoms with Crippen molar-refractivity contribution in [3.05, 3.63) is 41.1 Å². The van der Waals surface area contributed by atoms with Gasteiger partial charge in [0.25, 0.3) is 5.91 Å². The summed E-state index contributed by atoms with van der Waals surface area (Å²) in [6.45, 7) is 8.92. The second-order valence-electron chi connectivity index (χ2n) is 4.67. The first kappa shape index (κ1) is 15.5. The SMILES string of the molecule is C=C(C)COCCNC(=O)c1nc(-c2ccco2)sc1C. The molecular weight excluding hydrogens is 288 g/mol. The van der Waals surface area contributed by atoms with Crippen molar-refractivity contribution in [1.29, 1.82) is 0 Å². The van der Waals surface area contributed by atoms with Crippen molar-refractivity contribution in [2.75, 3.05) is 19.8 Å². The Morgan fingerprint density at radius 3 is 3.05 bits per heavy atom. The van der Waals surface area contributed by atoms with E-state index in [4.69, 9.17) is 9.15 Å². The fourth-order valence-corrected chi connectivity index (χ4v) is 2.56. The Morgan fingerprint density at radius 2 is 2.38 bits per heavy atom. The Kier molecular flexibility index (Phi) is 5.30. The van der Waals surface area contributed by atoms with Crippen LogP contribution in [0.1, 0.15) is 22.3 Å². The molecule has 1 amide bonds. The zero-order chi connectivity index (χ0) is 15.2. The van der Waals surface area contributed by atoms with Gasteiger partial charge in [-0.3, -0.25) is 4.79 Å². The van der Waals surface area contributed by atoms with Gasteiger partial charge in [-0.25, -0.2) is 4.98 Å². The Morgan fingerprint density at radius 1 is 1.57 bits per heavy atom. The Hall–Kier alpha value is -1.92. The number of hydrogen-bond acceptors (Lipinski definition) is 5. The highest BCUT2D eigenvalue weighted by molar-refractivity contribution is 7.15. The van der Waals surface area contributed by atoms with Gasteiger partial charge >= 0.3 is 0 Å². The summed E-state index contributed by atoms with van der Waals surface area (Å²) in [6.07, 6.45) is 1.59. The van der Waals surface area contributed by atoms with Gasteiger partial charge in [-0.15, -0.1) is 11.3 Å². The second-order valence-corrected chi connectivity index (χ2v) is 5.87. The third kappa shape index (κ3) is 4.27. The largest absolute Gasteiger partial charge is 0.462 e. The van der Waals surface area contributed by atoms with Gasteiger partial charge in [-0.05, 0) is 26.0 Å². The fourth-order valence-electron chi connectivity index (χ4n) is 1.68. The molecular formula is C15H18N2O3S. The number of aryl methyl sites for hydroxylation is 1. The number of rotatable bonds is 7. The molecule has 0 aromatic carbocycles. The normalized spacial score (nSPS) is 10.6. The van der Waals surface area contributed by atoms with Crippen LogP contribution in [0.5, 0.6) is 0 Å². The molecule has 0 bridgehead atoms. The van der Waals surface area contributed by atoms with Gasteiger partial charge in [-0.2, -0.15) is 0 Å². The molecule has 2 aromatic heterocycles.